The van der Waals surface area contributed by atoms with E-state index >= 15 is 0 Å². The maximum absolute atomic E-state index is 10.7. The third-order valence-corrected chi connectivity index (χ3v) is 4.51. The van der Waals surface area contributed by atoms with Crippen LogP contribution in [-0.2, 0) is 6.54 Å². The van der Waals surface area contributed by atoms with E-state index < -0.39 is 6.10 Å². The van der Waals surface area contributed by atoms with Crippen molar-refractivity contribution in [2.24, 2.45) is 0 Å². The SMILES string of the molecule is Cc1nonc1CN(C)[C@H]1CCC[C@@H](Oc2ccccc2)[C@@H]1O. The van der Waals surface area contributed by atoms with Crippen molar-refractivity contribution in [1.82, 2.24) is 15.2 Å². The summed E-state index contributed by atoms with van der Waals surface area (Å²) in [5, 5.41) is 18.5. The third-order valence-electron chi connectivity index (χ3n) is 4.51. The summed E-state index contributed by atoms with van der Waals surface area (Å²) in [5.41, 5.74) is 1.60. The summed E-state index contributed by atoms with van der Waals surface area (Å²) in [6, 6.07) is 9.71. The lowest BCUT2D eigenvalue weighted by atomic mass is 9.89. The number of hydrogen-bond donors (Lipinski definition) is 1. The molecule has 3 rings (SSSR count). The van der Waals surface area contributed by atoms with E-state index in [1.54, 1.807) is 0 Å². The molecule has 1 heterocycles. The molecule has 0 radical (unpaired) electrons. The lowest BCUT2D eigenvalue weighted by molar-refractivity contribution is -0.0495. The number of aliphatic hydroxyl groups is 1. The fourth-order valence-corrected chi connectivity index (χ4v) is 3.15. The first-order valence-corrected chi connectivity index (χ1v) is 8.03. The van der Waals surface area contributed by atoms with Crippen molar-refractivity contribution in [2.45, 2.75) is 51.0 Å². The number of aryl methyl sites for hydroxylation is 1. The van der Waals surface area contributed by atoms with Gasteiger partial charge in [-0.15, -0.1) is 0 Å². The Balaban J connectivity index is 1.64. The summed E-state index contributed by atoms with van der Waals surface area (Å²) in [5.74, 6) is 0.802. The van der Waals surface area contributed by atoms with E-state index in [9.17, 15) is 5.11 Å². The highest BCUT2D eigenvalue weighted by Crippen LogP contribution is 2.27. The Kier molecular flexibility index (Phi) is 4.93. The highest BCUT2D eigenvalue weighted by atomic mass is 16.6. The molecule has 1 aliphatic rings. The van der Waals surface area contributed by atoms with Gasteiger partial charge in [0.15, 0.2) is 0 Å². The van der Waals surface area contributed by atoms with Crippen molar-refractivity contribution in [1.29, 1.82) is 0 Å². The van der Waals surface area contributed by atoms with Gasteiger partial charge in [-0.25, -0.2) is 4.63 Å². The predicted molar refractivity (Wildman–Crippen MR) is 85.0 cm³/mol. The van der Waals surface area contributed by atoms with Crippen molar-refractivity contribution in [3.05, 3.63) is 41.7 Å². The minimum atomic E-state index is -0.533. The van der Waals surface area contributed by atoms with Crippen LogP contribution in [0.15, 0.2) is 35.0 Å². The molecule has 6 heteroatoms. The Morgan fingerprint density at radius 1 is 1.26 bits per heavy atom. The van der Waals surface area contributed by atoms with E-state index in [-0.39, 0.29) is 12.1 Å². The van der Waals surface area contributed by atoms with Crippen LogP contribution in [0.25, 0.3) is 0 Å². The standard InChI is InChI=1S/C17H23N3O3/c1-12-14(19-23-18-12)11-20(2)15-9-6-10-16(17(15)21)22-13-7-4-3-5-8-13/h3-5,7-8,15-17,21H,6,9-11H2,1-2H3/t15-,16+,17+/m0/s1. The van der Waals surface area contributed by atoms with Crippen LogP contribution in [0.1, 0.15) is 30.7 Å². The number of likely N-dealkylation sites (N-methyl/N-ethyl adjacent to an activating group) is 1. The Bertz CT molecular complexity index is 617. The monoisotopic (exact) mass is 317 g/mol. The summed E-state index contributed by atoms with van der Waals surface area (Å²) in [6.07, 6.45) is 2.12. The van der Waals surface area contributed by atoms with Crippen LogP contribution in [-0.4, -0.2) is 45.6 Å². The molecule has 23 heavy (non-hydrogen) atoms. The molecule has 0 bridgehead atoms. The van der Waals surface area contributed by atoms with E-state index in [4.69, 9.17) is 9.37 Å². The summed E-state index contributed by atoms with van der Waals surface area (Å²) in [6.45, 7) is 2.48. The number of aromatic nitrogens is 2. The van der Waals surface area contributed by atoms with Gasteiger partial charge in [-0.3, -0.25) is 4.90 Å². The minimum absolute atomic E-state index is 0.0357. The second kappa shape index (κ2) is 7.10. The van der Waals surface area contributed by atoms with E-state index in [0.717, 1.165) is 36.4 Å². The first kappa shape index (κ1) is 16.0. The van der Waals surface area contributed by atoms with Gasteiger partial charge in [0.2, 0.25) is 0 Å². The van der Waals surface area contributed by atoms with Gasteiger partial charge < -0.3 is 9.84 Å². The molecule has 1 saturated carbocycles. The zero-order valence-electron chi connectivity index (χ0n) is 13.6. The summed E-state index contributed by atoms with van der Waals surface area (Å²) >= 11 is 0. The molecule has 1 aromatic heterocycles. The molecule has 1 fully saturated rings. The molecular weight excluding hydrogens is 294 g/mol. The molecule has 1 N–H and O–H groups in total. The number of aliphatic hydroxyl groups excluding tert-OH is 1. The zero-order valence-corrected chi connectivity index (χ0v) is 13.6. The Morgan fingerprint density at radius 3 is 2.74 bits per heavy atom. The highest BCUT2D eigenvalue weighted by Gasteiger charge is 2.36. The fraction of sp³-hybridized carbons (Fsp3) is 0.529. The summed E-state index contributed by atoms with van der Waals surface area (Å²) in [4.78, 5) is 2.11. The number of rotatable bonds is 5. The van der Waals surface area contributed by atoms with Gasteiger partial charge in [-0.1, -0.05) is 28.5 Å². The van der Waals surface area contributed by atoms with Gasteiger partial charge in [0.25, 0.3) is 0 Å². The summed E-state index contributed by atoms with van der Waals surface area (Å²) < 4.78 is 10.7. The normalized spacial score (nSPS) is 24.8. The molecule has 124 valence electrons. The number of nitrogens with zero attached hydrogens (tertiary/aromatic N) is 3. The molecule has 0 amide bonds. The first-order valence-electron chi connectivity index (χ1n) is 8.03. The van der Waals surface area contributed by atoms with E-state index in [1.165, 1.54) is 0 Å². The highest BCUT2D eigenvalue weighted by molar-refractivity contribution is 5.21. The van der Waals surface area contributed by atoms with Gasteiger partial charge >= 0.3 is 0 Å². The molecule has 0 aliphatic heterocycles. The van der Waals surface area contributed by atoms with Crippen molar-refractivity contribution < 1.29 is 14.5 Å². The van der Waals surface area contributed by atoms with Gasteiger partial charge in [-0.05, 0) is 45.4 Å². The molecule has 0 saturated heterocycles. The molecule has 0 spiro atoms. The lowest BCUT2D eigenvalue weighted by Crippen LogP contribution is -2.51. The van der Waals surface area contributed by atoms with E-state index in [1.807, 2.05) is 44.3 Å². The fourth-order valence-electron chi connectivity index (χ4n) is 3.15. The topological polar surface area (TPSA) is 71.6 Å². The van der Waals surface area contributed by atoms with Crippen LogP contribution in [0.2, 0.25) is 0 Å². The lowest BCUT2D eigenvalue weighted by Gasteiger charge is -2.39. The Hall–Kier alpha value is -1.92. The Labute approximate surface area is 136 Å². The van der Waals surface area contributed by atoms with Crippen LogP contribution in [0.4, 0.5) is 0 Å². The van der Waals surface area contributed by atoms with Crippen LogP contribution in [0.3, 0.4) is 0 Å². The van der Waals surface area contributed by atoms with Crippen LogP contribution in [0.5, 0.6) is 5.75 Å². The zero-order chi connectivity index (χ0) is 16.2. The van der Waals surface area contributed by atoms with Gasteiger partial charge in [-0.2, -0.15) is 0 Å². The average molecular weight is 317 g/mol. The van der Waals surface area contributed by atoms with Gasteiger partial charge in [0.05, 0.1) is 0 Å². The molecule has 0 unspecified atom stereocenters. The average Bonchev–Trinajstić information content (AvgIpc) is 2.95. The predicted octanol–water partition coefficient (Wildman–Crippen LogP) is 2.17. The van der Waals surface area contributed by atoms with Crippen molar-refractivity contribution in [3.63, 3.8) is 0 Å². The van der Waals surface area contributed by atoms with Crippen molar-refractivity contribution in [3.8, 4) is 5.75 Å². The molecule has 6 nitrogen and oxygen atoms in total. The Morgan fingerprint density at radius 2 is 2.04 bits per heavy atom. The number of para-hydroxylation sites is 1. The number of benzene rings is 1. The molecule has 1 aromatic carbocycles. The quantitative estimate of drug-likeness (QED) is 0.911. The van der Waals surface area contributed by atoms with Crippen LogP contribution < -0.4 is 4.74 Å². The van der Waals surface area contributed by atoms with E-state index in [0.29, 0.717) is 6.54 Å². The van der Waals surface area contributed by atoms with E-state index in [2.05, 4.69) is 15.2 Å². The molecule has 1 aliphatic carbocycles. The molecular formula is C17H23N3O3. The second-order valence-electron chi connectivity index (χ2n) is 6.17. The number of hydrogen-bond acceptors (Lipinski definition) is 6. The van der Waals surface area contributed by atoms with Crippen molar-refractivity contribution >= 4 is 0 Å². The number of ether oxygens (including phenoxy) is 1. The van der Waals surface area contributed by atoms with Crippen LogP contribution in [0, 0.1) is 6.92 Å². The second-order valence-corrected chi connectivity index (χ2v) is 6.17. The molecule has 3 atom stereocenters. The van der Waals surface area contributed by atoms with Gasteiger partial charge in [0.1, 0.15) is 29.3 Å². The first-order chi connectivity index (χ1) is 11.1. The largest absolute Gasteiger partial charge is 0.488 e. The van der Waals surface area contributed by atoms with Crippen molar-refractivity contribution in [2.75, 3.05) is 7.05 Å². The maximum Gasteiger partial charge on any atom is 0.126 e. The smallest absolute Gasteiger partial charge is 0.126 e. The minimum Gasteiger partial charge on any atom is -0.488 e. The molecule has 2 aromatic rings. The van der Waals surface area contributed by atoms with Gasteiger partial charge in [0, 0.05) is 12.6 Å². The summed E-state index contributed by atoms with van der Waals surface area (Å²) in [7, 11) is 1.99. The maximum atomic E-state index is 10.7. The van der Waals surface area contributed by atoms with Crippen LogP contribution >= 0.6 is 0 Å². The third kappa shape index (κ3) is 3.71.